The number of nitrogens with one attached hydrogen (secondary N) is 1. The SMILES string of the molecule is N#Cc1cc(Br)cc(NCc2ccc(N)cc2)c1. The molecule has 0 spiro atoms. The standard InChI is InChI=1S/C14H12BrN3/c15-12-5-11(8-16)6-14(7-12)18-9-10-1-3-13(17)4-2-10/h1-7,18H,9,17H2. The van der Waals surface area contributed by atoms with Crippen molar-refractivity contribution in [3.63, 3.8) is 0 Å². The first-order valence-corrected chi connectivity index (χ1v) is 6.25. The molecule has 0 saturated heterocycles. The first-order chi connectivity index (χ1) is 8.67. The summed E-state index contributed by atoms with van der Waals surface area (Å²) in [5.41, 5.74) is 9.07. The smallest absolute Gasteiger partial charge is 0.0992 e. The zero-order valence-corrected chi connectivity index (χ0v) is 11.2. The zero-order chi connectivity index (χ0) is 13.0. The molecule has 0 radical (unpaired) electrons. The Balaban J connectivity index is 2.08. The third-order valence-corrected chi connectivity index (χ3v) is 2.96. The van der Waals surface area contributed by atoms with Crippen molar-refractivity contribution in [2.45, 2.75) is 6.54 Å². The fourth-order valence-electron chi connectivity index (χ4n) is 1.60. The topological polar surface area (TPSA) is 61.8 Å². The molecule has 3 N–H and O–H groups in total. The molecule has 0 aromatic heterocycles. The third kappa shape index (κ3) is 3.25. The van der Waals surface area contributed by atoms with Gasteiger partial charge in [0.25, 0.3) is 0 Å². The molecule has 2 aromatic carbocycles. The lowest BCUT2D eigenvalue weighted by Gasteiger charge is -2.08. The van der Waals surface area contributed by atoms with E-state index in [0.717, 1.165) is 21.4 Å². The Bertz CT molecular complexity index is 585. The summed E-state index contributed by atoms with van der Waals surface area (Å²) in [5.74, 6) is 0. The molecule has 2 aromatic rings. The van der Waals surface area contributed by atoms with Crippen LogP contribution in [-0.4, -0.2) is 0 Å². The molecule has 0 unspecified atom stereocenters. The summed E-state index contributed by atoms with van der Waals surface area (Å²) in [6.45, 7) is 0.696. The first kappa shape index (κ1) is 12.5. The second kappa shape index (κ2) is 5.56. The minimum absolute atomic E-state index is 0.629. The maximum Gasteiger partial charge on any atom is 0.0992 e. The lowest BCUT2D eigenvalue weighted by atomic mass is 10.2. The highest BCUT2D eigenvalue weighted by molar-refractivity contribution is 9.10. The van der Waals surface area contributed by atoms with Crippen molar-refractivity contribution in [1.29, 1.82) is 5.26 Å². The number of halogens is 1. The predicted molar refractivity (Wildman–Crippen MR) is 77.0 cm³/mol. The van der Waals surface area contributed by atoms with Gasteiger partial charge in [-0.15, -0.1) is 0 Å². The van der Waals surface area contributed by atoms with Crippen molar-refractivity contribution in [3.05, 3.63) is 58.1 Å². The van der Waals surface area contributed by atoms with E-state index >= 15 is 0 Å². The van der Waals surface area contributed by atoms with Crippen molar-refractivity contribution in [2.24, 2.45) is 0 Å². The maximum atomic E-state index is 8.89. The highest BCUT2D eigenvalue weighted by atomic mass is 79.9. The fraction of sp³-hybridized carbons (Fsp3) is 0.0714. The van der Waals surface area contributed by atoms with E-state index < -0.39 is 0 Å². The van der Waals surface area contributed by atoms with E-state index in [-0.39, 0.29) is 0 Å². The van der Waals surface area contributed by atoms with Crippen molar-refractivity contribution >= 4 is 27.3 Å². The van der Waals surface area contributed by atoms with Gasteiger partial charge in [0.2, 0.25) is 0 Å². The van der Waals surface area contributed by atoms with Gasteiger partial charge >= 0.3 is 0 Å². The lowest BCUT2D eigenvalue weighted by molar-refractivity contribution is 1.15. The van der Waals surface area contributed by atoms with Gasteiger partial charge in [-0.25, -0.2) is 0 Å². The second-order valence-corrected chi connectivity index (χ2v) is 4.85. The minimum Gasteiger partial charge on any atom is -0.399 e. The van der Waals surface area contributed by atoms with Gasteiger partial charge in [-0.05, 0) is 35.9 Å². The monoisotopic (exact) mass is 301 g/mol. The Labute approximate surface area is 114 Å². The van der Waals surface area contributed by atoms with E-state index in [1.54, 1.807) is 6.07 Å². The number of hydrogen-bond donors (Lipinski definition) is 2. The average Bonchev–Trinajstić information content (AvgIpc) is 2.37. The normalized spacial score (nSPS) is 9.78. The molecule has 0 bridgehead atoms. The average molecular weight is 302 g/mol. The van der Waals surface area contributed by atoms with Gasteiger partial charge in [-0.1, -0.05) is 28.1 Å². The van der Waals surface area contributed by atoms with Crippen LogP contribution in [0, 0.1) is 11.3 Å². The number of nitrogens with two attached hydrogens (primary N) is 1. The summed E-state index contributed by atoms with van der Waals surface area (Å²) in [6.07, 6.45) is 0. The summed E-state index contributed by atoms with van der Waals surface area (Å²) in [5, 5.41) is 12.2. The number of hydrogen-bond acceptors (Lipinski definition) is 3. The Hall–Kier alpha value is -1.99. The van der Waals surface area contributed by atoms with Crippen LogP contribution in [0.5, 0.6) is 0 Å². The zero-order valence-electron chi connectivity index (χ0n) is 9.65. The van der Waals surface area contributed by atoms with Crippen molar-refractivity contribution in [2.75, 3.05) is 11.1 Å². The van der Waals surface area contributed by atoms with Crippen LogP contribution in [0.2, 0.25) is 0 Å². The van der Waals surface area contributed by atoms with E-state index in [4.69, 9.17) is 11.0 Å². The molecule has 0 fully saturated rings. The maximum absolute atomic E-state index is 8.89. The fourth-order valence-corrected chi connectivity index (χ4v) is 2.09. The predicted octanol–water partition coefficient (Wildman–Crippen LogP) is 3.52. The summed E-state index contributed by atoms with van der Waals surface area (Å²) in [4.78, 5) is 0. The van der Waals surface area contributed by atoms with Crippen LogP contribution in [-0.2, 0) is 6.54 Å². The molecule has 0 atom stereocenters. The van der Waals surface area contributed by atoms with Crippen LogP contribution in [0.4, 0.5) is 11.4 Å². The quantitative estimate of drug-likeness (QED) is 0.853. The molecule has 0 aliphatic rings. The second-order valence-electron chi connectivity index (χ2n) is 3.94. The van der Waals surface area contributed by atoms with Crippen LogP contribution >= 0.6 is 15.9 Å². The summed E-state index contributed by atoms with van der Waals surface area (Å²) >= 11 is 3.38. The number of nitrogens with zero attached hydrogens (tertiary/aromatic N) is 1. The van der Waals surface area contributed by atoms with Gasteiger partial charge in [0.1, 0.15) is 0 Å². The number of anilines is 2. The molecular formula is C14H12BrN3. The lowest BCUT2D eigenvalue weighted by Crippen LogP contribution is -2.00. The molecule has 2 rings (SSSR count). The molecule has 0 aliphatic carbocycles. The third-order valence-electron chi connectivity index (χ3n) is 2.50. The molecular weight excluding hydrogens is 290 g/mol. The Morgan fingerprint density at radius 2 is 1.89 bits per heavy atom. The van der Waals surface area contributed by atoms with Crippen LogP contribution < -0.4 is 11.1 Å². The van der Waals surface area contributed by atoms with Gasteiger partial charge in [0.05, 0.1) is 11.6 Å². The number of rotatable bonds is 3. The number of nitriles is 1. The molecule has 0 amide bonds. The van der Waals surface area contributed by atoms with Gasteiger partial charge in [0.15, 0.2) is 0 Å². The van der Waals surface area contributed by atoms with Crippen LogP contribution in [0.1, 0.15) is 11.1 Å². The Morgan fingerprint density at radius 3 is 2.56 bits per heavy atom. The van der Waals surface area contributed by atoms with Crippen molar-refractivity contribution in [3.8, 4) is 6.07 Å². The van der Waals surface area contributed by atoms with E-state index in [0.29, 0.717) is 12.1 Å². The Morgan fingerprint density at radius 1 is 1.17 bits per heavy atom. The summed E-state index contributed by atoms with van der Waals surface area (Å²) < 4.78 is 0.890. The minimum atomic E-state index is 0.629. The van der Waals surface area contributed by atoms with Crippen LogP contribution in [0.3, 0.4) is 0 Å². The van der Waals surface area contributed by atoms with Gasteiger partial charge in [-0.3, -0.25) is 0 Å². The number of nitrogen functional groups attached to an aromatic ring is 1. The molecule has 90 valence electrons. The van der Waals surface area contributed by atoms with E-state index in [1.165, 1.54) is 0 Å². The van der Waals surface area contributed by atoms with Crippen molar-refractivity contribution < 1.29 is 0 Å². The molecule has 4 heteroatoms. The summed E-state index contributed by atoms with van der Waals surface area (Å²) in [7, 11) is 0. The molecule has 0 heterocycles. The molecule has 0 saturated carbocycles. The number of benzene rings is 2. The van der Waals surface area contributed by atoms with E-state index in [2.05, 4.69) is 27.3 Å². The van der Waals surface area contributed by atoms with E-state index in [9.17, 15) is 0 Å². The van der Waals surface area contributed by atoms with Crippen LogP contribution in [0.25, 0.3) is 0 Å². The first-order valence-electron chi connectivity index (χ1n) is 5.46. The van der Waals surface area contributed by atoms with Gasteiger partial charge in [-0.2, -0.15) is 5.26 Å². The van der Waals surface area contributed by atoms with Gasteiger partial charge in [0, 0.05) is 22.4 Å². The van der Waals surface area contributed by atoms with E-state index in [1.807, 2.05) is 36.4 Å². The molecule has 0 aliphatic heterocycles. The van der Waals surface area contributed by atoms with Gasteiger partial charge < -0.3 is 11.1 Å². The summed E-state index contributed by atoms with van der Waals surface area (Å²) in [6, 6.07) is 15.4. The molecule has 18 heavy (non-hydrogen) atoms. The molecule has 3 nitrogen and oxygen atoms in total. The highest BCUT2D eigenvalue weighted by Gasteiger charge is 1.99. The largest absolute Gasteiger partial charge is 0.399 e. The van der Waals surface area contributed by atoms with Crippen LogP contribution in [0.15, 0.2) is 46.9 Å². The van der Waals surface area contributed by atoms with Crippen molar-refractivity contribution in [1.82, 2.24) is 0 Å². The Kier molecular flexibility index (Phi) is 3.85. The highest BCUT2D eigenvalue weighted by Crippen LogP contribution is 2.20.